The third-order valence-corrected chi connectivity index (χ3v) is 8.77. The number of rotatable bonds is 5. The summed E-state index contributed by atoms with van der Waals surface area (Å²) in [5.41, 5.74) is 4.26. The first-order valence-corrected chi connectivity index (χ1v) is 18.0. The number of ether oxygens (including phenoxy) is 1. The highest BCUT2D eigenvalue weighted by molar-refractivity contribution is 7.94. The molecule has 5 heterocycles. The number of hydrogen-bond acceptors (Lipinski definition) is 8. The van der Waals surface area contributed by atoms with Crippen LogP contribution in [-0.2, 0) is 50.8 Å². The zero-order valence-electron chi connectivity index (χ0n) is 28.3. The van der Waals surface area contributed by atoms with Gasteiger partial charge in [-0.3, -0.25) is 14.5 Å². The summed E-state index contributed by atoms with van der Waals surface area (Å²) in [5.74, 6) is 1.60. The van der Waals surface area contributed by atoms with Crippen LogP contribution in [0.4, 0.5) is 5.95 Å². The Labute approximate surface area is 289 Å². The highest BCUT2D eigenvalue weighted by atomic mass is 32.2. The minimum atomic E-state index is -2.67. The number of carbonyl (C=O) groups excluding carboxylic acids is 2. The van der Waals surface area contributed by atoms with Crippen molar-refractivity contribution in [1.29, 1.82) is 0 Å². The molecule has 2 aliphatic heterocycles. The second-order valence-corrected chi connectivity index (χ2v) is 14.7. The molecule has 0 radical (unpaired) electrons. The number of imidazole rings is 1. The lowest BCUT2D eigenvalue weighted by Gasteiger charge is -2.22. The van der Waals surface area contributed by atoms with E-state index < -0.39 is 26.5 Å². The van der Waals surface area contributed by atoms with E-state index in [1.54, 1.807) is 0 Å². The van der Waals surface area contributed by atoms with Crippen LogP contribution in [0, 0.1) is 10.1 Å². The molecule has 2 aromatic carbocycles. The van der Waals surface area contributed by atoms with Crippen molar-refractivity contribution < 1.29 is 28.0 Å². The summed E-state index contributed by atoms with van der Waals surface area (Å²) in [5, 5.41) is 13.2. The second-order valence-electron chi connectivity index (χ2n) is 12.8. The first kappa shape index (κ1) is 34.8. The summed E-state index contributed by atoms with van der Waals surface area (Å²) in [6.45, 7) is 2.34. The van der Waals surface area contributed by atoms with E-state index in [4.69, 9.17) is 9.29 Å². The maximum absolute atomic E-state index is 14.5. The van der Waals surface area contributed by atoms with Crippen LogP contribution >= 0.6 is 0 Å². The zero-order chi connectivity index (χ0) is 35.9. The lowest BCUT2D eigenvalue weighted by atomic mass is 9.95. The summed E-state index contributed by atoms with van der Waals surface area (Å²) in [7, 11) is 2.92. The first-order valence-electron chi connectivity index (χ1n) is 16.0. The molecule has 4 bridgehead atoms. The number of aryl methyl sites for hydroxylation is 1. The van der Waals surface area contributed by atoms with Gasteiger partial charge in [0.25, 0.3) is 11.8 Å². The summed E-state index contributed by atoms with van der Waals surface area (Å²) in [6, 6.07) is 15.8. The first-order chi connectivity index (χ1) is 23.7. The minimum Gasteiger partial charge on any atom is -0.390 e. The van der Waals surface area contributed by atoms with Crippen molar-refractivity contribution in [2.24, 2.45) is 7.05 Å². The van der Waals surface area contributed by atoms with Crippen LogP contribution in [0.3, 0.4) is 0 Å². The van der Waals surface area contributed by atoms with Gasteiger partial charge in [0.2, 0.25) is 0 Å². The van der Waals surface area contributed by atoms with E-state index in [2.05, 4.69) is 24.9 Å². The predicted molar refractivity (Wildman–Crippen MR) is 193 cm³/mol. The molecule has 7 rings (SSSR count). The second kappa shape index (κ2) is 13.7. The standard InChI is InChI=1S/C33H33N7O5.C2H6O2S/c1-35(2)18-22-12-13-37-19-25(23-8-4-6-10-27(23)37)29-30(26-20-38(14-15-45-22)28-11-7-5-9-24(26)28)32(42)39(31(29)41)17-21-16-34-33(36(21)3)40(43)44;1-5(2,3)4/h4-11,16,19-20,22H,12-15,17-18H2,1-3H3;1H2,2H3,(H,3,4). The van der Waals surface area contributed by atoms with Gasteiger partial charge >= 0.3 is 5.95 Å². The van der Waals surface area contributed by atoms with E-state index in [0.29, 0.717) is 47.7 Å². The summed E-state index contributed by atoms with van der Waals surface area (Å²) < 4.78 is 29.5. The summed E-state index contributed by atoms with van der Waals surface area (Å²) >= 11 is 0. The molecule has 2 atom stereocenters. The Balaban J connectivity index is 0.000000808. The van der Waals surface area contributed by atoms with Gasteiger partial charge < -0.3 is 33.4 Å². The van der Waals surface area contributed by atoms with Gasteiger partial charge in [0.15, 0.2) is 0 Å². The van der Waals surface area contributed by atoms with Crippen LogP contribution in [0.2, 0.25) is 0 Å². The minimum absolute atomic E-state index is 0.00300. The Hall–Kier alpha value is -5.09. The van der Waals surface area contributed by atoms with Gasteiger partial charge in [-0.15, -0.1) is 0 Å². The quantitative estimate of drug-likeness (QED) is 0.124. The van der Waals surface area contributed by atoms with E-state index in [9.17, 15) is 23.9 Å². The number of nitro groups is 1. The molecule has 2 unspecified atom stereocenters. The maximum atomic E-state index is 14.5. The average Bonchev–Trinajstić information content (AvgIpc) is 3.77. The molecule has 0 spiro atoms. The van der Waals surface area contributed by atoms with Gasteiger partial charge in [-0.2, -0.15) is 0 Å². The largest absolute Gasteiger partial charge is 0.434 e. The molecule has 1 N–H and O–H groups in total. The molecule has 2 amide bonds. The number of carbonyl (C=O) groups is 2. The summed E-state index contributed by atoms with van der Waals surface area (Å²) in [4.78, 5) is 47.0. The fourth-order valence-corrected chi connectivity index (χ4v) is 6.63. The van der Waals surface area contributed by atoms with Crippen LogP contribution in [-0.4, -0.2) is 99.5 Å². The third-order valence-electron chi connectivity index (χ3n) is 8.77. The SMILES string of the molecule is C=S(C)(=O)O.CN(C)CC1CCn2cc(c3ccccc32)C2=C(C(=O)N(Cc3cnc([N+](=O)[O-])n3C)C2=O)c2cn(c3ccccc23)CCO1. The highest BCUT2D eigenvalue weighted by Gasteiger charge is 2.42. The molecule has 0 saturated heterocycles. The van der Waals surface area contributed by atoms with Crippen molar-refractivity contribution >= 4 is 66.4 Å². The maximum Gasteiger partial charge on any atom is 0.434 e. The van der Waals surface area contributed by atoms with Gasteiger partial charge in [0.1, 0.15) is 11.9 Å². The third kappa shape index (κ3) is 6.85. The average molecular weight is 702 g/mol. The van der Waals surface area contributed by atoms with Crippen molar-refractivity contribution in [3.8, 4) is 0 Å². The topological polar surface area (TPSA) is 158 Å². The van der Waals surface area contributed by atoms with Gasteiger partial charge in [-0.1, -0.05) is 41.4 Å². The van der Waals surface area contributed by atoms with E-state index in [-0.39, 0.29) is 18.6 Å². The number of imide groups is 1. The van der Waals surface area contributed by atoms with Crippen LogP contribution in [0.5, 0.6) is 0 Å². The van der Waals surface area contributed by atoms with Gasteiger partial charge in [-0.25, -0.2) is 8.78 Å². The van der Waals surface area contributed by atoms with Gasteiger partial charge in [0.05, 0.1) is 47.3 Å². The molecule has 50 heavy (non-hydrogen) atoms. The van der Waals surface area contributed by atoms with Crippen molar-refractivity contribution in [2.45, 2.75) is 32.2 Å². The molecule has 15 heteroatoms. The highest BCUT2D eigenvalue weighted by Crippen LogP contribution is 2.42. The number of hydrogen-bond donors (Lipinski definition) is 1. The normalized spacial score (nSPS) is 17.9. The molecule has 262 valence electrons. The Morgan fingerprint density at radius 3 is 2.02 bits per heavy atom. The van der Waals surface area contributed by atoms with Crippen molar-refractivity contribution in [2.75, 3.05) is 33.5 Å². The molecule has 0 fully saturated rings. The Morgan fingerprint density at radius 2 is 1.52 bits per heavy atom. The molecular weight excluding hydrogens is 662 g/mol. The number of aromatic nitrogens is 4. The van der Waals surface area contributed by atoms with Gasteiger partial charge in [-0.05, 0) is 43.4 Å². The number of benzene rings is 2. The number of nitrogens with zero attached hydrogens (tertiary/aromatic N) is 7. The van der Waals surface area contributed by atoms with Crippen molar-refractivity contribution in [3.63, 3.8) is 0 Å². The zero-order valence-corrected chi connectivity index (χ0v) is 29.1. The molecule has 5 aromatic rings. The van der Waals surface area contributed by atoms with Crippen molar-refractivity contribution in [1.82, 2.24) is 28.5 Å². The van der Waals surface area contributed by atoms with E-state index >= 15 is 0 Å². The number of likely N-dealkylation sites (N-methyl/N-ethyl adjacent to an activating group) is 1. The fraction of sp³-hybridized carbons (Fsp3) is 0.314. The van der Waals surface area contributed by atoms with Crippen LogP contribution in [0.15, 0.2) is 67.1 Å². The number of fused-ring (bicyclic) bond motifs is 12. The van der Waals surface area contributed by atoms with Crippen LogP contribution in [0.1, 0.15) is 23.2 Å². The monoisotopic (exact) mass is 701 g/mol. The molecule has 3 aromatic heterocycles. The summed E-state index contributed by atoms with van der Waals surface area (Å²) in [6.07, 6.45) is 7.18. The smallest absolute Gasteiger partial charge is 0.390 e. The molecular formula is C35H39N7O7S. The Bertz CT molecular complexity index is 2270. The van der Waals surface area contributed by atoms with Crippen LogP contribution in [0.25, 0.3) is 33.0 Å². The lowest BCUT2D eigenvalue weighted by Crippen LogP contribution is -2.31. The Morgan fingerprint density at radius 1 is 1.00 bits per heavy atom. The molecule has 0 aliphatic carbocycles. The lowest BCUT2D eigenvalue weighted by molar-refractivity contribution is -0.396. The van der Waals surface area contributed by atoms with E-state index in [0.717, 1.165) is 41.0 Å². The van der Waals surface area contributed by atoms with E-state index in [1.807, 2.05) is 75.0 Å². The van der Waals surface area contributed by atoms with E-state index in [1.165, 1.54) is 22.7 Å². The number of para-hydroxylation sites is 2. The Kier molecular flexibility index (Phi) is 9.50. The fourth-order valence-electron chi connectivity index (χ4n) is 6.63. The van der Waals surface area contributed by atoms with Crippen molar-refractivity contribution in [3.05, 3.63) is 94.1 Å². The van der Waals surface area contributed by atoms with Gasteiger partial charge in [0, 0.05) is 71.2 Å². The number of amides is 2. The molecule has 0 saturated carbocycles. The molecule has 2 aliphatic rings. The van der Waals surface area contributed by atoms with Crippen LogP contribution < -0.4 is 0 Å². The predicted octanol–water partition coefficient (Wildman–Crippen LogP) is 3.87. The molecule has 14 nitrogen and oxygen atoms in total.